The lowest BCUT2D eigenvalue weighted by Crippen LogP contribution is -2.16. The number of nitrogens with zero attached hydrogens (tertiary/aromatic N) is 4. The first-order valence-corrected chi connectivity index (χ1v) is 9.71. The Balaban J connectivity index is 1.83. The third-order valence-corrected chi connectivity index (χ3v) is 4.87. The zero-order valence-electron chi connectivity index (χ0n) is 16.3. The Morgan fingerprint density at radius 1 is 1.14 bits per heavy atom. The summed E-state index contributed by atoms with van der Waals surface area (Å²) in [5.74, 6) is 0.888. The average Bonchev–Trinajstić information content (AvgIpc) is 3.12. The van der Waals surface area contributed by atoms with Crippen molar-refractivity contribution in [2.75, 3.05) is 19.1 Å². The Kier molecular flexibility index (Phi) is 6.85. The van der Waals surface area contributed by atoms with Gasteiger partial charge in [0.25, 0.3) is 0 Å². The Morgan fingerprint density at radius 3 is 2.52 bits per heavy atom. The molecule has 0 aliphatic carbocycles. The van der Waals surface area contributed by atoms with E-state index < -0.39 is 5.97 Å². The molecular formula is C20H21N5O3S. The molecule has 1 aromatic heterocycles. The number of carbonyl (C=O) groups excluding carboxylic acids is 1. The number of carbonyl (C=O) groups is 1. The van der Waals surface area contributed by atoms with Crippen LogP contribution in [0.5, 0.6) is 5.75 Å². The van der Waals surface area contributed by atoms with Crippen molar-refractivity contribution >= 4 is 28.5 Å². The predicted octanol–water partition coefficient (Wildman–Crippen LogP) is 3.57. The SMILES string of the molecule is CCOC(=O)/C(=N/Nc1ccccc1)Sc1nnc(-c2ccc(OC)cc2)n1C. The van der Waals surface area contributed by atoms with Crippen molar-refractivity contribution < 1.29 is 14.3 Å². The molecule has 0 aliphatic heterocycles. The summed E-state index contributed by atoms with van der Waals surface area (Å²) in [7, 11) is 3.45. The minimum Gasteiger partial charge on any atom is -0.497 e. The molecule has 0 amide bonds. The number of thioether (sulfide) groups is 1. The number of ether oxygens (including phenoxy) is 2. The van der Waals surface area contributed by atoms with Crippen LogP contribution in [-0.4, -0.2) is 39.5 Å². The van der Waals surface area contributed by atoms with E-state index in [1.165, 1.54) is 0 Å². The Hall–Kier alpha value is -3.33. The maximum Gasteiger partial charge on any atom is 0.365 e. The van der Waals surface area contributed by atoms with Gasteiger partial charge in [-0.3, -0.25) is 5.43 Å². The molecule has 0 aliphatic rings. The number of methoxy groups -OCH3 is 1. The smallest absolute Gasteiger partial charge is 0.365 e. The molecule has 3 rings (SSSR count). The van der Waals surface area contributed by atoms with E-state index in [0.29, 0.717) is 11.0 Å². The second-order valence-electron chi connectivity index (χ2n) is 5.81. The molecule has 0 radical (unpaired) electrons. The molecule has 1 heterocycles. The molecule has 9 heteroatoms. The summed E-state index contributed by atoms with van der Waals surface area (Å²) in [6, 6.07) is 16.8. The lowest BCUT2D eigenvalue weighted by molar-refractivity contribution is -0.134. The average molecular weight is 411 g/mol. The minimum atomic E-state index is -0.532. The third kappa shape index (κ3) is 5.14. The van der Waals surface area contributed by atoms with Gasteiger partial charge in [-0.1, -0.05) is 18.2 Å². The van der Waals surface area contributed by atoms with Gasteiger partial charge >= 0.3 is 5.97 Å². The zero-order valence-corrected chi connectivity index (χ0v) is 17.1. The number of benzene rings is 2. The van der Waals surface area contributed by atoms with Gasteiger partial charge in [0.1, 0.15) is 5.75 Å². The minimum absolute atomic E-state index is 0.132. The number of hydrogen-bond acceptors (Lipinski definition) is 8. The van der Waals surface area contributed by atoms with Crippen molar-refractivity contribution in [2.45, 2.75) is 12.1 Å². The molecular weight excluding hydrogens is 390 g/mol. The molecule has 0 saturated carbocycles. The maximum atomic E-state index is 12.3. The van der Waals surface area contributed by atoms with Crippen molar-refractivity contribution in [3.05, 3.63) is 54.6 Å². The molecule has 2 aromatic carbocycles. The van der Waals surface area contributed by atoms with E-state index in [4.69, 9.17) is 9.47 Å². The molecule has 0 saturated heterocycles. The largest absolute Gasteiger partial charge is 0.497 e. The highest BCUT2D eigenvalue weighted by Gasteiger charge is 2.20. The lowest BCUT2D eigenvalue weighted by Gasteiger charge is -2.07. The quantitative estimate of drug-likeness (QED) is 0.218. The van der Waals surface area contributed by atoms with E-state index in [1.54, 1.807) is 18.6 Å². The molecule has 3 aromatic rings. The first-order chi connectivity index (χ1) is 14.1. The first-order valence-electron chi connectivity index (χ1n) is 8.90. The van der Waals surface area contributed by atoms with Crippen LogP contribution in [0.3, 0.4) is 0 Å². The number of nitrogens with one attached hydrogen (secondary N) is 1. The topological polar surface area (TPSA) is 90.6 Å². The normalized spacial score (nSPS) is 11.2. The van der Waals surface area contributed by atoms with E-state index >= 15 is 0 Å². The van der Waals surface area contributed by atoms with Gasteiger partial charge in [-0.15, -0.1) is 10.2 Å². The van der Waals surface area contributed by atoms with Gasteiger partial charge in [0, 0.05) is 12.6 Å². The number of hydrogen-bond donors (Lipinski definition) is 1. The van der Waals surface area contributed by atoms with Gasteiger partial charge in [-0.2, -0.15) is 5.10 Å². The number of aromatic nitrogens is 3. The monoisotopic (exact) mass is 411 g/mol. The molecule has 0 bridgehead atoms. The van der Waals surface area contributed by atoms with Gasteiger partial charge in [0.2, 0.25) is 5.04 Å². The number of rotatable bonds is 6. The van der Waals surface area contributed by atoms with Gasteiger partial charge in [-0.05, 0) is 55.1 Å². The van der Waals surface area contributed by atoms with Gasteiger partial charge in [0.05, 0.1) is 19.4 Å². The zero-order chi connectivity index (χ0) is 20.6. The van der Waals surface area contributed by atoms with Gasteiger partial charge in [0.15, 0.2) is 11.0 Å². The van der Waals surface area contributed by atoms with Crippen LogP contribution in [0.4, 0.5) is 5.69 Å². The number of hydrazone groups is 1. The summed E-state index contributed by atoms with van der Waals surface area (Å²) in [6.45, 7) is 1.99. The molecule has 1 N–H and O–H groups in total. The Labute approximate surface area is 172 Å². The fourth-order valence-corrected chi connectivity index (χ4v) is 3.12. The standard InChI is InChI=1S/C20H21N5O3S/c1-4-28-19(26)18(23-21-15-8-6-5-7-9-15)29-20-24-22-17(25(20)2)14-10-12-16(27-3)13-11-14/h5-13,21H,4H2,1-3H3/b23-18-. The highest BCUT2D eigenvalue weighted by molar-refractivity contribution is 8.15. The number of para-hydroxylation sites is 1. The lowest BCUT2D eigenvalue weighted by atomic mass is 10.2. The summed E-state index contributed by atoms with van der Waals surface area (Å²) in [5, 5.41) is 13.3. The fourth-order valence-electron chi connectivity index (χ4n) is 2.41. The summed E-state index contributed by atoms with van der Waals surface area (Å²) >= 11 is 1.08. The van der Waals surface area contributed by atoms with Crippen LogP contribution in [0.15, 0.2) is 64.9 Å². The Morgan fingerprint density at radius 2 is 1.86 bits per heavy atom. The Bertz CT molecular complexity index is 987. The number of esters is 1. The van der Waals surface area contributed by atoms with Crippen LogP contribution < -0.4 is 10.2 Å². The van der Waals surface area contributed by atoms with Crippen molar-refractivity contribution in [3.63, 3.8) is 0 Å². The van der Waals surface area contributed by atoms with Crippen LogP contribution in [0.2, 0.25) is 0 Å². The second-order valence-corrected chi connectivity index (χ2v) is 6.77. The molecule has 0 fully saturated rings. The molecule has 29 heavy (non-hydrogen) atoms. The van der Waals surface area contributed by atoms with Crippen LogP contribution in [0, 0.1) is 0 Å². The molecule has 0 atom stereocenters. The van der Waals surface area contributed by atoms with Crippen LogP contribution in [0.1, 0.15) is 6.92 Å². The van der Waals surface area contributed by atoms with E-state index in [9.17, 15) is 4.79 Å². The summed E-state index contributed by atoms with van der Waals surface area (Å²) in [4.78, 5) is 12.3. The van der Waals surface area contributed by atoms with Crippen molar-refractivity contribution in [1.29, 1.82) is 0 Å². The van der Waals surface area contributed by atoms with Gasteiger partial charge < -0.3 is 14.0 Å². The highest BCUT2D eigenvalue weighted by Crippen LogP contribution is 2.25. The van der Waals surface area contributed by atoms with Crippen LogP contribution >= 0.6 is 11.8 Å². The van der Waals surface area contributed by atoms with E-state index in [-0.39, 0.29) is 11.7 Å². The van der Waals surface area contributed by atoms with Gasteiger partial charge in [-0.25, -0.2) is 4.79 Å². The fraction of sp³-hybridized carbons (Fsp3) is 0.200. The van der Waals surface area contributed by atoms with Crippen molar-refractivity contribution in [3.8, 4) is 17.1 Å². The summed E-state index contributed by atoms with van der Waals surface area (Å²) in [5.41, 5.74) is 4.51. The highest BCUT2D eigenvalue weighted by atomic mass is 32.2. The maximum absolute atomic E-state index is 12.3. The van der Waals surface area contributed by atoms with E-state index in [1.807, 2.05) is 61.6 Å². The second kappa shape index (κ2) is 9.74. The summed E-state index contributed by atoms with van der Waals surface area (Å²) in [6.07, 6.45) is 0. The third-order valence-electron chi connectivity index (χ3n) is 3.88. The van der Waals surface area contributed by atoms with E-state index in [2.05, 4.69) is 20.7 Å². The summed E-state index contributed by atoms with van der Waals surface area (Å²) < 4.78 is 12.1. The number of anilines is 1. The van der Waals surface area contributed by atoms with Crippen LogP contribution in [-0.2, 0) is 16.6 Å². The van der Waals surface area contributed by atoms with Crippen LogP contribution in [0.25, 0.3) is 11.4 Å². The van der Waals surface area contributed by atoms with E-state index in [0.717, 1.165) is 28.8 Å². The predicted molar refractivity (Wildman–Crippen MR) is 113 cm³/mol. The molecule has 0 spiro atoms. The molecule has 0 unspecified atom stereocenters. The van der Waals surface area contributed by atoms with Crippen molar-refractivity contribution in [1.82, 2.24) is 14.8 Å². The van der Waals surface area contributed by atoms with Crippen molar-refractivity contribution in [2.24, 2.45) is 12.1 Å². The first kappa shape index (κ1) is 20.4. The molecule has 150 valence electrons. The molecule has 8 nitrogen and oxygen atoms in total.